The molecule has 4 rings (SSSR count). The highest BCUT2D eigenvalue weighted by atomic mass is 16.3. The predicted molar refractivity (Wildman–Crippen MR) is 84.3 cm³/mol. The van der Waals surface area contributed by atoms with Crippen molar-refractivity contribution < 1.29 is 4.42 Å². The van der Waals surface area contributed by atoms with Gasteiger partial charge in [-0.2, -0.15) is 0 Å². The van der Waals surface area contributed by atoms with Crippen LogP contribution in [0.3, 0.4) is 0 Å². The molecule has 2 aromatic rings. The first-order chi connectivity index (χ1) is 10.4. The number of para-hydroxylation sites is 1. The molecule has 1 unspecified atom stereocenters. The van der Waals surface area contributed by atoms with Crippen LogP contribution in [0.25, 0.3) is 11.0 Å². The van der Waals surface area contributed by atoms with Crippen LogP contribution < -0.4 is 5.32 Å². The van der Waals surface area contributed by atoms with Crippen LogP contribution >= 0.6 is 0 Å². The zero-order chi connectivity index (χ0) is 14.1. The van der Waals surface area contributed by atoms with Gasteiger partial charge in [0.1, 0.15) is 11.3 Å². The molecule has 2 saturated heterocycles. The number of piperazine rings is 1. The monoisotopic (exact) mass is 285 g/mol. The minimum absolute atomic E-state index is 0.733. The first kappa shape index (κ1) is 13.3. The van der Waals surface area contributed by atoms with Gasteiger partial charge in [-0.05, 0) is 18.6 Å². The van der Waals surface area contributed by atoms with Gasteiger partial charge in [0.05, 0.1) is 6.54 Å². The zero-order valence-corrected chi connectivity index (χ0v) is 12.4. The Balaban J connectivity index is 1.39. The number of rotatable bonds is 3. The summed E-state index contributed by atoms with van der Waals surface area (Å²) in [6.07, 6.45) is 1.29. The number of nitrogens with zero attached hydrogens (tertiary/aromatic N) is 2. The maximum atomic E-state index is 5.95. The standard InChI is InChI=1S/C17H23N3O/c1-2-4-17-14(3-1)11-16(21-17)13-19-8-5-15(12-19)20-9-6-18-7-10-20/h1-4,11,15,18H,5-10,12-13H2. The predicted octanol–water partition coefficient (Wildman–Crippen LogP) is 1.91. The molecule has 1 N–H and O–H groups in total. The molecule has 2 aliphatic heterocycles. The molecule has 2 fully saturated rings. The quantitative estimate of drug-likeness (QED) is 0.933. The lowest BCUT2D eigenvalue weighted by Crippen LogP contribution is -2.49. The van der Waals surface area contributed by atoms with Gasteiger partial charge in [0, 0.05) is 50.7 Å². The summed E-state index contributed by atoms with van der Waals surface area (Å²) < 4.78 is 5.95. The smallest absolute Gasteiger partial charge is 0.134 e. The molecular formula is C17H23N3O. The van der Waals surface area contributed by atoms with Crippen molar-refractivity contribution in [2.75, 3.05) is 39.3 Å². The number of hydrogen-bond acceptors (Lipinski definition) is 4. The van der Waals surface area contributed by atoms with E-state index in [1.165, 1.54) is 38.0 Å². The van der Waals surface area contributed by atoms with Crippen molar-refractivity contribution in [3.05, 3.63) is 36.1 Å². The molecule has 1 atom stereocenters. The zero-order valence-electron chi connectivity index (χ0n) is 12.4. The van der Waals surface area contributed by atoms with E-state index in [-0.39, 0.29) is 0 Å². The van der Waals surface area contributed by atoms with Gasteiger partial charge in [-0.25, -0.2) is 0 Å². The summed E-state index contributed by atoms with van der Waals surface area (Å²) in [6.45, 7) is 7.98. The van der Waals surface area contributed by atoms with Crippen LogP contribution in [0.4, 0.5) is 0 Å². The summed E-state index contributed by atoms with van der Waals surface area (Å²) in [5.41, 5.74) is 1.00. The number of furan rings is 1. The molecule has 0 aliphatic carbocycles. The minimum atomic E-state index is 0.733. The summed E-state index contributed by atoms with van der Waals surface area (Å²) in [5.74, 6) is 1.09. The number of hydrogen-bond donors (Lipinski definition) is 1. The lowest BCUT2D eigenvalue weighted by atomic mass is 10.2. The van der Waals surface area contributed by atoms with Crippen molar-refractivity contribution in [2.24, 2.45) is 0 Å². The fourth-order valence-corrected chi connectivity index (χ4v) is 3.64. The van der Waals surface area contributed by atoms with E-state index in [9.17, 15) is 0 Å². The molecule has 0 saturated carbocycles. The van der Waals surface area contributed by atoms with E-state index in [1.807, 2.05) is 12.1 Å². The van der Waals surface area contributed by atoms with Crippen molar-refractivity contribution in [1.29, 1.82) is 0 Å². The van der Waals surface area contributed by atoms with Crippen LogP contribution in [0.5, 0.6) is 0 Å². The second-order valence-electron chi connectivity index (χ2n) is 6.21. The maximum Gasteiger partial charge on any atom is 0.134 e. The molecule has 3 heterocycles. The topological polar surface area (TPSA) is 31.7 Å². The lowest BCUT2D eigenvalue weighted by Gasteiger charge is -2.32. The Kier molecular flexibility index (Phi) is 3.67. The molecule has 4 nitrogen and oxygen atoms in total. The van der Waals surface area contributed by atoms with Crippen molar-refractivity contribution in [3.63, 3.8) is 0 Å². The summed E-state index contributed by atoms with van der Waals surface area (Å²) in [5, 5.41) is 4.65. The summed E-state index contributed by atoms with van der Waals surface area (Å²) in [4.78, 5) is 5.18. The van der Waals surface area contributed by atoms with Gasteiger partial charge in [0.15, 0.2) is 0 Å². The minimum Gasteiger partial charge on any atom is -0.460 e. The van der Waals surface area contributed by atoms with E-state index in [4.69, 9.17) is 4.42 Å². The van der Waals surface area contributed by atoms with Crippen molar-refractivity contribution in [2.45, 2.75) is 19.0 Å². The van der Waals surface area contributed by atoms with Crippen molar-refractivity contribution in [3.8, 4) is 0 Å². The van der Waals surface area contributed by atoms with E-state index in [0.29, 0.717) is 0 Å². The Bertz CT molecular complexity index is 570. The first-order valence-electron chi connectivity index (χ1n) is 8.03. The van der Waals surface area contributed by atoms with E-state index in [1.54, 1.807) is 0 Å². The van der Waals surface area contributed by atoms with Crippen molar-refractivity contribution in [1.82, 2.24) is 15.1 Å². The molecule has 0 bridgehead atoms. The van der Waals surface area contributed by atoms with E-state index in [0.717, 1.165) is 37.0 Å². The SMILES string of the molecule is c1ccc2oc(CN3CCC(N4CCNCC4)C3)cc2c1. The largest absolute Gasteiger partial charge is 0.460 e. The Morgan fingerprint density at radius 2 is 2.00 bits per heavy atom. The van der Waals surface area contributed by atoms with E-state index in [2.05, 4.69) is 33.3 Å². The third-order valence-corrected chi connectivity index (χ3v) is 4.77. The van der Waals surface area contributed by atoms with Crippen LogP contribution in [-0.4, -0.2) is 55.1 Å². The fraction of sp³-hybridized carbons (Fsp3) is 0.529. The molecule has 1 aromatic carbocycles. The molecule has 4 heteroatoms. The molecule has 1 aromatic heterocycles. The van der Waals surface area contributed by atoms with Gasteiger partial charge in [-0.3, -0.25) is 9.80 Å². The Morgan fingerprint density at radius 1 is 1.14 bits per heavy atom. The van der Waals surface area contributed by atoms with Gasteiger partial charge in [-0.1, -0.05) is 18.2 Å². The molecule has 112 valence electrons. The van der Waals surface area contributed by atoms with Gasteiger partial charge in [0.25, 0.3) is 0 Å². The molecular weight excluding hydrogens is 262 g/mol. The second-order valence-corrected chi connectivity index (χ2v) is 6.21. The Morgan fingerprint density at radius 3 is 2.86 bits per heavy atom. The molecule has 0 spiro atoms. The molecule has 2 aliphatic rings. The normalized spacial score (nSPS) is 24.9. The summed E-state index contributed by atoms with van der Waals surface area (Å²) in [6, 6.07) is 11.2. The van der Waals surface area contributed by atoms with Crippen LogP contribution in [0.15, 0.2) is 34.7 Å². The van der Waals surface area contributed by atoms with Crippen LogP contribution in [0.2, 0.25) is 0 Å². The highest BCUT2D eigenvalue weighted by Crippen LogP contribution is 2.23. The number of benzene rings is 1. The lowest BCUT2D eigenvalue weighted by molar-refractivity contribution is 0.169. The molecule has 0 radical (unpaired) electrons. The first-order valence-corrected chi connectivity index (χ1v) is 8.03. The Hall–Kier alpha value is -1.36. The number of fused-ring (bicyclic) bond motifs is 1. The van der Waals surface area contributed by atoms with Gasteiger partial charge < -0.3 is 9.73 Å². The highest BCUT2D eigenvalue weighted by molar-refractivity contribution is 5.77. The summed E-state index contributed by atoms with van der Waals surface area (Å²) >= 11 is 0. The highest BCUT2D eigenvalue weighted by Gasteiger charge is 2.28. The fourth-order valence-electron chi connectivity index (χ4n) is 3.64. The summed E-state index contributed by atoms with van der Waals surface area (Å²) in [7, 11) is 0. The second kappa shape index (κ2) is 5.79. The van der Waals surface area contributed by atoms with Crippen LogP contribution in [0.1, 0.15) is 12.2 Å². The van der Waals surface area contributed by atoms with Gasteiger partial charge in [-0.15, -0.1) is 0 Å². The molecule has 0 amide bonds. The third-order valence-electron chi connectivity index (χ3n) is 4.77. The third kappa shape index (κ3) is 2.84. The maximum absolute atomic E-state index is 5.95. The average molecular weight is 285 g/mol. The van der Waals surface area contributed by atoms with Crippen LogP contribution in [0, 0.1) is 0 Å². The van der Waals surface area contributed by atoms with Crippen molar-refractivity contribution >= 4 is 11.0 Å². The van der Waals surface area contributed by atoms with E-state index < -0.39 is 0 Å². The van der Waals surface area contributed by atoms with Crippen LogP contribution in [-0.2, 0) is 6.54 Å². The molecule has 21 heavy (non-hydrogen) atoms. The Labute approximate surface area is 125 Å². The number of likely N-dealkylation sites (tertiary alicyclic amines) is 1. The van der Waals surface area contributed by atoms with Gasteiger partial charge >= 0.3 is 0 Å². The average Bonchev–Trinajstić information content (AvgIpc) is 3.14. The van der Waals surface area contributed by atoms with E-state index >= 15 is 0 Å². The number of nitrogens with one attached hydrogen (secondary N) is 1. The van der Waals surface area contributed by atoms with Gasteiger partial charge in [0.2, 0.25) is 0 Å².